The van der Waals surface area contributed by atoms with Crippen LogP contribution in [0.3, 0.4) is 0 Å². The van der Waals surface area contributed by atoms with E-state index in [1.807, 2.05) is 0 Å². The molecule has 0 bridgehead atoms. The normalized spacial score (nSPS) is 24.4. The number of thioether (sulfide) groups is 1. The first-order chi connectivity index (χ1) is 7.66. The maximum Gasteiger partial charge on any atom is 0.323 e. The van der Waals surface area contributed by atoms with E-state index in [1.54, 1.807) is 16.7 Å². The van der Waals surface area contributed by atoms with Crippen LogP contribution in [0.4, 0.5) is 0 Å². The average molecular weight is 243 g/mol. The second-order valence-corrected chi connectivity index (χ2v) is 5.77. The summed E-state index contributed by atoms with van der Waals surface area (Å²) < 4.78 is 0. The molecular formula is C11H17NO3S. The molecule has 1 unspecified atom stereocenters. The lowest BCUT2D eigenvalue weighted by Crippen LogP contribution is -2.41. The second-order valence-electron chi connectivity index (χ2n) is 4.62. The zero-order chi connectivity index (χ0) is 11.5. The number of hydrogen-bond donors (Lipinski definition) is 1. The van der Waals surface area contributed by atoms with Crippen LogP contribution in [-0.4, -0.2) is 46.5 Å². The van der Waals surface area contributed by atoms with Gasteiger partial charge in [-0.05, 0) is 30.9 Å². The molecule has 0 aromatic carbocycles. The van der Waals surface area contributed by atoms with E-state index in [0.29, 0.717) is 12.5 Å². The Kier molecular flexibility index (Phi) is 3.74. The summed E-state index contributed by atoms with van der Waals surface area (Å²) in [5, 5.41) is 8.81. The molecule has 1 atom stereocenters. The molecule has 1 amide bonds. The zero-order valence-electron chi connectivity index (χ0n) is 9.22. The summed E-state index contributed by atoms with van der Waals surface area (Å²) in [6.45, 7) is 0.517. The van der Waals surface area contributed by atoms with E-state index >= 15 is 0 Å². The molecule has 1 saturated heterocycles. The Balaban J connectivity index is 1.92. The van der Waals surface area contributed by atoms with E-state index in [4.69, 9.17) is 5.11 Å². The van der Waals surface area contributed by atoms with Crippen molar-refractivity contribution >= 4 is 23.6 Å². The van der Waals surface area contributed by atoms with Crippen molar-refractivity contribution in [2.75, 3.05) is 24.6 Å². The summed E-state index contributed by atoms with van der Waals surface area (Å²) in [6, 6.07) is 0. The molecule has 2 fully saturated rings. The smallest absolute Gasteiger partial charge is 0.323 e. The third-order valence-corrected chi connectivity index (χ3v) is 4.25. The summed E-state index contributed by atoms with van der Waals surface area (Å²) >= 11 is 1.79. The highest BCUT2D eigenvalue weighted by molar-refractivity contribution is 7.99. The molecule has 2 aliphatic rings. The molecule has 1 heterocycles. The first kappa shape index (κ1) is 11.8. The number of rotatable bonds is 5. The van der Waals surface area contributed by atoms with Crippen LogP contribution in [0, 0.1) is 11.8 Å². The predicted octanol–water partition coefficient (Wildman–Crippen LogP) is 1.06. The van der Waals surface area contributed by atoms with Crippen molar-refractivity contribution in [3.8, 4) is 0 Å². The summed E-state index contributed by atoms with van der Waals surface area (Å²) in [6.07, 6.45) is 3.19. The van der Waals surface area contributed by atoms with E-state index in [2.05, 4.69) is 0 Å². The predicted molar refractivity (Wildman–Crippen MR) is 62.4 cm³/mol. The Morgan fingerprint density at radius 3 is 2.56 bits per heavy atom. The maximum atomic E-state index is 12.1. The lowest BCUT2D eigenvalue weighted by Gasteiger charge is -2.23. The van der Waals surface area contributed by atoms with E-state index in [-0.39, 0.29) is 18.4 Å². The Morgan fingerprint density at radius 2 is 2.06 bits per heavy atom. The van der Waals surface area contributed by atoms with Gasteiger partial charge in [-0.2, -0.15) is 11.8 Å². The molecule has 1 aliphatic heterocycles. The summed E-state index contributed by atoms with van der Waals surface area (Å²) in [4.78, 5) is 24.4. The van der Waals surface area contributed by atoms with Gasteiger partial charge < -0.3 is 10.0 Å². The van der Waals surface area contributed by atoms with Gasteiger partial charge in [0.2, 0.25) is 5.91 Å². The molecule has 5 heteroatoms. The van der Waals surface area contributed by atoms with E-state index in [9.17, 15) is 9.59 Å². The minimum Gasteiger partial charge on any atom is -0.480 e. The van der Waals surface area contributed by atoms with Crippen LogP contribution >= 0.6 is 11.8 Å². The Labute approximate surface area is 99.4 Å². The fraction of sp³-hybridized carbons (Fsp3) is 0.818. The van der Waals surface area contributed by atoms with Crippen molar-refractivity contribution < 1.29 is 14.7 Å². The standard InChI is InChI=1S/C11H17NO3S/c13-10(14)6-12(5-8-1-2-8)11(15)9-3-4-16-7-9/h8-9H,1-7H2,(H,13,14). The van der Waals surface area contributed by atoms with Gasteiger partial charge in [-0.25, -0.2) is 0 Å². The van der Waals surface area contributed by atoms with Crippen molar-refractivity contribution in [2.45, 2.75) is 19.3 Å². The number of nitrogens with zero attached hydrogens (tertiary/aromatic N) is 1. The van der Waals surface area contributed by atoms with E-state index < -0.39 is 5.97 Å². The lowest BCUT2D eigenvalue weighted by atomic mass is 10.1. The van der Waals surface area contributed by atoms with Crippen molar-refractivity contribution in [1.82, 2.24) is 4.90 Å². The molecule has 2 rings (SSSR count). The van der Waals surface area contributed by atoms with Crippen LogP contribution in [0.2, 0.25) is 0 Å². The molecule has 1 saturated carbocycles. The highest BCUT2D eigenvalue weighted by Crippen LogP contribution is 2.31. The number of carbonyl (C=O) groups excluding carboxylic acids is 1. The average Bonchev–Trinajstić information content (AvgIpc) is 2.88. The van der Waals surface area contributed by atoms with Crippen LogP contribution in [0.25, 0.3) is 0 Å². The molecule has 1 aliphatic carbocycles. The van der Waals surface area contributed by atoms with Gasteiger partial charge >= 0.3 is 5.97 Å². The number of hydrogen-bond acceptors (Lipinski definition) is 3. The summed E-state index contributed by atoms with van der Waals surface area (Å²) in [5.41, 5.74) is 0. The second kappa shape index (κ2) is 5.08. The third kappa shape index (κ3) is 3.14. The van der Waals surface area contributed by atoms with Gasteiger partial charge in [0.05, 0.1) is 0 Å². The Bertz CT molecular complexity index is 285. The lowest BCUT2D eigenvalue weighted by molar-refractivity contribution is -0.146. The molecule has 1 N–H and O–H groups in total. The third-order valence-electron chi connectivity index (χ3n) is 3.09. The molecule has 90 valence electrons. The molecule has 0 radical (unpaired) electrons. The van der Waals surface area contributed by atoms with Gasteiger partial charge in [-0.15, -0.1) is 0 Å². The van der Waals surface area contributed by atoms with Gasteiger partial charge in [0.25, 0.3) is 0 Å². The highest BCUT2D eigenvalue weighted by Gasteiger charge is 2.32. The van der Waals surface area contributed by atoms with Crippen molar-refractivity contribution in [2.24, 2.45) is 11.8 Å². The fourth-order valence-corrected chi connectivity index (χ4v) is 3.21. The number of carbonyl (C=O) groups is 2. The molecule has 16 heavy (non-hydrogen) atoms. The van der Waals surface area contributed by atoms with E-state index in [1.165, 1.54) is 0 Å². The monoisotopic (exact) mass is 243 g/mol. The quantitative estimate of drug-likeness (QED) is 0.784. The van der Waals surface area contributed by atoms with Crippen molar-refractivity contribution in [3.63, 3.8) is 0 Å². The highest BCUT2D eigenvalue weighted by atomic mass is 32.2. The van der Waals surface area contributed by atoms with Crippen LogP contribution in [0.1, 0.15) is 19.3 Å². The Morgan fingerprint density at radius 1 is 1.31 bits per heavy atom. The fourth-order valence-electron chi connectivity index (χ4n) is 2.00. The van der Waals surface area contributed by atoms with Gasteiger partial charge in [0, 0.05) is 18.2 Å². The first-order valence-electron chi connectivity index (χ1n) is 5.75. The molecule has 4 nitrogen and oxygen atoms in total. The van der Waals surface area contributed by atoms with E-state index in [0.717, 1.165) is 30.8 Å². The minimum absolute atomic E-state index is 0.0549. The van der Waals surface area contributed by atoms with Crippen LogP contribution in [-0.2, 0) is 9.59 Å². The largest absolute Gasteiger partial charge is 0.480 e. The molecule has 0 aromatic heterocycles. The number of carboxylic acids is 1. The molecule has 0 aromatic rings. The Hall–Kier alpha value is -0.710. The van der Waals surface area contributed by atoms with Gasteiger partial charge in [-0.1, -0.05) is 0 Å². The summed E-state index contributed by atoms with van der Waals surface area (Å²) in [5.74, 6) is 1.65. The zero-order valence-corrected chi connectivity index (χ0v) is 10.0. The molecule has 0 spiro atoms. The molecular weight excluding hydrogens is 226 g/mol. The topological polar surface area (TPSA) is 57.6 Å². The van der Waals surface area contributed by atoms with Gasteiger partial charge in [0.15, 0.2) is 0 Å². The van der Waals surface area contributed by atoms with Crippen molar-refractivity contribution in [3.05, 3.63) is 0 Å². The minimum atomic E-state index is -0.903. The SMILES string of the molecule is O=C(O)CN(CC1CC1)C(=O)C1CCSC1. The maximum absolute atomic E-state index is 12.1. The number of aliphatic carboxylic acids is 1. The number of amides is 1. The van der Waals surface area contributed by atoms with Crippen LogP contribution < -0.4 is 0 Å². The van der Waals surface area contributed by atoms with Crippen LogP contribution in [0.15, 0.2) is 0 Å². The van der Waals surface area contributed by atoms with Gasteiger partial charge in [-0.3, -0.25) is 9.59 Å². The van der Waals surface area contributed by atoms with Crippen molar-refractivity contribution in [1.29, 1.82) is 0 Å². The number of carboxylic acid groups (broad SMARTS) is 1. The van der Waals surface area contributed by atoms with Gasteiger partial charge in [0.1, 0.15) is 6.54 Å². The first-order valence-corrected chi connectivity index (χ1v) is 6.90. The van der Waals surface area contributed by atoms with Crippen LogP contribution in [0.5, 0.6) is 0 Å². The summed E-state index contributed by atoms with van der Waals surface area (Å²) in [7, 11) is 0.